The Bertz CT molecular complexity index is 973. The van der Waals surface area contributed by atoms with Crippen molar-refractivity contribution in [1.82, 2.24) is 0 Å². The van der Waals surface area contributed by atoms with Gasteiger partial charge in [0.1, 0.15) is 6.54 Å². The van der Waals surface area contributed by atoms with Crippen LogP contribution in [-0.2, 0) is 19.4 Å². The Kier molecular flexibility index (Phi) is 5.18. The van der Waals surface area contributed by atoms with E-state index in [1.807, 2.05) is 30.3 Å². The van der Waals surface area contributed by atoms with Gasteiger partial charge in [0.15, 0.2) is 15.6 Å². The van der Waals surface area contributed by atoms with Crippen LogP contribution in [-0.4, -0.2) is 46.2 Å². The minimum Gasteiger partial charge on any atom is -0.423 e. The maximum absolute atomic E-state index is 12.6. The van der Waals surface area contributed by atoms with Crippen LogP contribution in [0.5, 0.6) is 5.75 Å². The highest BCUT2D eigenvalue weighted by Gasteiger charge is 2.28. The molecule has 142 valence electrons. The number of esters is 1. The molecule has 7 nitrogen and oxygen atoms in total. The first kappa shape index (κ1) is 18.9. The quantitative estimate of drug-likeness (QED) is 0.574. The van der Waals surface area contributed by atoms with Crippen LogP contribution in [0.4, 0.5) is 11.4 Å². The number of rotatable bonds is 5. The smallest absolute Gasteiger partial charge is 0.331 e. The van der Waals surface area contributed by atoms with Gasteiger partial charge in [0.2, 0.25) is 5.91 Å². The molecule has 1 aliphatic heterocycles. The third-order valence-electron chi connectivity index (χ3n) is 4.40. The van der Waals surface area contributed by atoms with E-state index in [9.17, 15) is 18.0 Å². The molecule has 0 bridgehead atoms. The Morgan fingerprint density at radius 2 is 1.89 bits per heavy atom. The van der Waals surface area contributed by atoms with Crippen LogP contribution in [0.15, 0.2) is 53.4 Å². The molecule has 2 aromatic carbocycles. The second-order valence-electron chi connectivity index (χ2n) is 6.15. The highest BCUT2D eigenvalue weighted by atomic mass is 32.2. The fraction of sp³-hybridized carbons (Fsp3) is 0.263. The van der Waals surface area contributed by atoms with Crippen LogP contribution in [0.3, 0.4) is 0 Å². The van der Waals surface area contributed by atoms with Crippen molar-refractivity contribution in [3.05, 3.63) is 48.5 Å². The summed E-state index contributed by atoms with van der Waals surface area (Å²) in [4.78, 5) is 27.8. The molecule has 0 saturated heterocycles. The molecular weight excluding hydrogens is 368 g/mol. The van der Waals surface area contributed by atoms with Crippen molar-refractivity contribution in [2.24, 2.45) is 0 Å². The Morgan fingerprint density at radius 3 is 2.56 bits per heavy atom. The van der Waals surface area contributed by atoms with Gasteiger partial charge in [0.25, 0.3) is 0 Å². The number of sulfone groups is 1. The van der Waals surface area contributed by atoms with Crippen molar-refractivity contribution in [2.75, 3.05) is 35.7 Å². The number of carbonyl (C=O) groups excluding carboxylic acids is 2. The van der Waals surface area contributed by atoms with E-state index in [1.54, 1.807) is 24.9 Å². The van der Waals surface area contributed by atoms with Crippen LogP contribution in [0.2, 0.25) is 0 Å². The van der Waals surface area contributed by atoms with E-state index in [0.717, 1.165) is 5.69 Å². The summed E-state index contributed by atoms with van der Waals surface area (Å²) in [6, 6.07) is 13.5. The number of hydrogen-bond donors (Lipinski definition) is 0. The third-order valence-corrected chi connectivity index (χ3v) is 6.13. The number of anilines is 2. The van der Waals surface area contributed by atoms with Gasteiger partial charge in [0, 0.05) is 18.8 Å². The number of hydrogen-bond acceptors (Lipinski definition) is 6. The van der Waals surface area contributed by atoms with Gasteiger partial charge in [0.05, 0.1) is 22.9 Å². The summed E-state index contributed by atoms with van der Waals surface area (Å²) in [5, 5.41) is 0. The molecule has 1 amide bonds. The molecule has 27 heavy (non-hydrogen) atoms. The molecule has 1 aliphatic rings. The number of fused-ring (bicyclic) bond motifs is 1. The van der Waals surface area contributed by atoms with Crippen molar-refractivity contribution in [2.45, 2.75) is 11.8 Å². The van der Waals surface area contributed by atoms with Gasteiger partial charge in [-0.25, -0.2) is 13.2 Å². The first-order valence-electron chi connectivity index (χ1n) is 8.46. The van der Waals surface area contributed by atoms with E-state index >= 15 is 0 Å². The number of ether oxygens (including phenoxy) is 1. The Balaban J connectivity index is 1.86. The second-order valence-corrected chi connectivity index (χ2v) is 8.43. The normalized spacial score (nSPS) is 13.7. The molecule has 0 spiro atoms. The lowest BCUT2D eigenvalue weighted by atomic mass is 10.2. The van der Waals surface area contributed by atoms with Crippen LogP contribution in [0, 0.1) is 0 Å². The second kappa shape index (κ2) is 7.40. The van der Waals surface area contributed by atoms with E-state index in [4.69, 9.17) is 4.74 Å². The molecule has 0 saturated carbocycles. The van der Waals surface area contributed by atoms with Crippen LogP contribution in [0.25, 0.3) is 0 Å². The standard InChI is InChI=1S/C19H20N2O5S/c1-3-27(24,25)15-9-10-16-17(11-15)26-19(23)13-21(16)12-18(22)20(2)14-7-5-4-6-8-14/h4-11H,3,12-13H2,1-2H3. The van der Waals surface area contributed by atoms with Crippen molar-refractivity contribution in [3.8, 4) is 5.75 Å². The van der Waals surface area contributed by atoms with Gasteiger partial charge in [-0.1, -0.05) is 25.1 Å². The molecular formula is C19H20N2O5S. The summed E-state index contributed by atoms with van der Waals surface area (Å²) in [5.41, 5.74) is 1.26. The summed E-state index contributed by atoms with van der Waals surface area (Å²) >= 11 is 0. The zero-order chi connectivity index (χ0) is 19.6. The van der Waals surface area contributed by atoms with Crippen LogP contribution in [0.1, 0.15) is 6.92 Å². The molecule has 0 atom stereocenters. The Hall–Kier alpha value is -2.87. The van der Waals surface area contributed by atoms with Crippen LogP contribution >= 0.6 is 0 Å². The monoisotopic (exact) mass is 388 g/mol. The molecule has 0 aliphatic carbocycles. The highest BCUT2D eigenvalue weighted by molar-refractivity contribution is 7.91. The number of likely N-dealkylation sites (N-methyl/N-ethyl adjacent to an activating group) is 1. The molecule has 1 heterocycles. The number of nitrogens with zero attached hydrogens (tertiary/aromatic N) is 2. The molecule has 0 unspecified atom stereocenters. The van der Waals surface area contributed by atoms with E-state index in [1.165, 1.54) is 17.0 Å². The lowest BCUT2D eigenvalue weighted by Crippen LogP contribution is -2.44. The van der Waals surface area contributed by atoms with Crippen molar-refractivity contribution in [3.63, 3.8) is 0 Å². The third kappa shape index (κ3) is 3.95. The predicted octanol–water partition coefficient (Wildman–Crippen LogP) is 1.87. The van der Waals surface area contributed by atoms with Crippen LogP contribution < -0.4 is 14.5 Å². The number of para-hydroxylation sites is 1. The summed E-state index contributed by atoms with van der Waals surface area (Å²) in [6.07, 6.45) is 0. The number of benzene rings is 2. The maximum atomic E-state index is 12.6. The number of carbonyl (C=O) groups is 2. The summed E-state index contributed by atoms with van der Waals surface area (Å²) in [6.45, 7) is 1.43. The zero-order valence-electron chi connectivity index (χ0n) is 15.1. The maximum Gasteiger partial charge on any atom is 0.331 e. The summed E-state index contributed by atoms with van der Waals surface area (Å²) in [5.74, 6) is -0.643. The minimum atomic E-state index is -3.42. The molecule has 0 aromatic heterocycles. The average Bonchev–Trinajstić information content (AvgIpc) is 2.67. The lowest BCUT2D eigenvalue weighted by molar-refractivity contribution is -0.133. The fourth-order valence-corrected chi connectivity index (χ4v) is 3.69. The molecule has 3 rings (SSSR count). The first-order chi connectivity index (χ1) is 12.8. The highest BCUT2D eigenvalue weighted by Crippen LogP contribution is 2.34. The summed E-state index contributed by atoms with van der Waals surface area (Å²) in [7, 11) is -1.76. The Morgan fingerprint density at radius 1 is 1.19 bits per heavy atom. The van der Waals surface area contributed by atoms with E-state index in [-0.39, 0.29) is 35.4 Å². The van der Waals surface area contributed by atoms with Crippen molar-refractivity contribution >= 4 is 33.1 Å². The topological polar surface area (TPSA) is 84.0 Å². The lowest BCUT2D eigenvalue weighted by Gasteiger charge is -2.31. The average molecular weight is 388 g/mol. The molecule has 0 fully saturated rings. The summed E-state index contributed by atoms with van der Waals surface area (Å²) < 4.78 is 29.3. The zero-order valence-corrected chi connectivity index (χ0v) is 15.9. The molecule has 8 heteroatoms. The number of amides is 1. The van der Waals surface area contributed by atoms with Gasteiger partial charge in [-0.15, -0.1) is 0 Å². The molecule has 0 radical (unpaired) electrons. The largest absolute Gasteiger partial charge is 0.423 e. The van der Waals surface area contributed by atoms with Crippen molar-refractivity contribution in [1.29, 1.82) is 0 Å². The molecule has 2 aromatic rings. The minimum absolute atomic E-state index is 0.0344. The van der Waals surface area contributed by atoms with E-state index in [0.29, 0.717) is 5.69 Å². The molecule has 0 N–H and O–H groups in total. The van der Waals surface area contributed by atoms with Gasteiger partial charge in [-0.2, -0.15) is 0 Å². The van der Waals surface area contributed by atoms with Gasteiger partial charge >= 0.3 is 5.97 Å². The van der Waals surface area contributed by atoms with Gasteiger partial charge < -0.3 is 14.5 Å². The van der Waals surface area contributed by atoms with Gasteiger partial charge in [-0.3, -0.25) is 4.79 Å². The predicted molar refractivity (Wildman–Crippen MR) is 102 cm³/mol. The van der Waals surface area contributed by atoms with Crippen molar-refractivity contribution < 1.29 is 22.7 Å². The van der Waals surface area contributed by atoms with E-state index in [2.05, 4.69) is 0 Å². The fourth-order valence-electron chi connectivity index (χ4n) is 2.80. The first-order valence-corrected chi connectivity index (χ1v) is 10.1. The Labute approximate surface area is 158 Å². The van der Waals surface area contributed by atoms with Gasteiger partial charge in [-0.05, 0) is 24.3 Å². The SMILES string of the molecule is CCS(=O)(=O)c1ccc2c(c1)OC(=O)CN2CC(=O)N(C)c1ccccc1. The van der Waals surface area contributed by atoms with E-state index < -0.39 is 15.8 Å².